The van der Waals surface area contributed by atoms with Crippen molar-refractivity contribution in [1.29, 1.82) is 5.26 Å². The molecule has 1 atom stereocenters. The smallest absolute Gasteiger partial charge is 0.173 e. The summed E-state index contributed by atoms with van der Waals surface area (Å²) < 4.78 is 18.3. The van der Waals surface area contributed by atoms with E-state index in [9.17, 15) is 4.39 Å². The molecule has 1 N–H and O–H groups in total. The van der Waals surface area contributed by atoms with Gasteiger partial charge in [-0.1, -0.05) is 17.7 Å². The van der Waals surface area contributed by atoms with Crippen LogP contribution >= 0.6 is 11.6 Å². The second-order valence-corrected chi connectivity index (χ2v) is 3.15. The van der Waals surface area contributed by atoms with Gasteiger partial charge in [-0.25, -0.2) is 4.39 Å². The van der Waals surface area contributed by atoms with E-state index in [0.717, 1.165) is 0 Å². The van der Waals surface area contributed by atoms with Gasteiger partial charge in [-0.2, -0.15) is 5.26 Å². The van der Waals surface area contributed by atoms with E-state index >= 15 is 0 Å². The van der Waals surface area contributed by atoms with Crippen LogP contribution in [0.1, 0.15) is 11.7 Å². The standard InChI is InChI=1S/C10H9ClFNO2/c11-7-2-1-3-8(12)10(7)9(6-13)15-5-4-14/h1-3,9,14H,4-5H2. The van der Waals surface area contributed by atoms with Crippen molar-refractivity contribution in [3.05, 3.63) is 34.6 Å². The number of ether oxygens (including phenoxy) is 1. The number of hydrogen-bond donors (Lipinski definition) is 1. The van der Waals surface area contributed by atoms with Crippen molar-refractivity contribution in [2.45, 2.75) is 6.10 Å². The van der Waals surface area contributed by atoms with E-state index in [1.165, 1.54) is 18.2 Å². The first kappa shape index (κ1) is 11.9. The van der Waals surface area contributed by atoms with Crippen LogP contribution in [0.15, 0.2) is 18.2 Å². The molecular formula is C10H9ClFNO2. The summed E-state index contributed by atoms with van der Waals surface area (Å²) in [5.74, 6) is -0.591. The minimum absolute atomic E-state index is 0.00937. The van der Waals surface area contributed by atoms with Gasteiger partial charge in [-0.15, -0.1) is 0 Å². The summed E-state index contributed by atoms with van der Waals surface area (Å²) in [5, 5.41) is 17.4. The van der Waals surface area contributed by atoms with E-state index in [4.69, 9.17) is 26.7 Å². The van der Waals surface area contributed by atoms with Crippen molar-refractivity contribution in [2.24, 2.45) is 0 Å². The Morgan fingerprint density at radius 3 is 2.87 bits per heavy atom. The third-order valence-electron chi connectivity index (χ3n) is 1.75. The van der Waals surface area contributed by atoms with Gasteiger partial charge in [0.2, 0.25) is 0 Å². The fourth-order valence-corrected chi connectivity index (χ4v) is 1.38. The molecule has 5 heteroatoms. The van der Waals surface area contributed by atoms with Gasteiger partial charge in [-0.05, 0) is 12.1 Å². The molecular weight excluding hydrogens is 221 g/mol. The number of rotatable bonds is 4. The lowest BCUT2D eigenvalue weighted by Crippen LogP contribution is -2.08. The van der Waals surface area contributed by atoms with Gasteiger partial charge >= 0.3 is 0 Å². The van der Waals surface area contributed by atoms with Crippen LogP contribution < -0.4 is 0 Å². The predicted octanol–water partition coefficient (Wildman–Crippen LogP) is 2.05. The van der Waals surface area contributed by atoms with Crippen molar-refractivity contribution in [3.8, 4) is 6.07 Å². The summed E-state index contributed by atoms with van der Waals surface area (Å²) in [6.07, 6.45) is -1.09. The average molecular weight is 230 g/mol. The molecule has 1 aromatic carbocycles. The van der Waals surface area contributed by atoms with Gasteiger partial charge in [-0.3, -0.25) is 0 Å². The van der Waals surface area contributed by atoms with Crippen molar-refractivity contribution >= 4 is 11.6 Å². The van der Waals surface area contributed by atoms with Gasteiger partial charge in [0.05, 0.1) is 24.3 Å². The molecule has 0 amide bonds. The van der Waals surface area contributed by atoms with Crippen LogP contribution in [0.5, 0.6) is 0 Å². The van der Waals surface area contributed by atoms with Crippen LogP contribution in [-0.4, -0.2) is 18.3 Å². The zero-order chi connectivity index (χ0) is 11.3. The minimum Gasteiger partial charge on any atom is -0.394 e. The fraction of sp³-hybridized carbons (Fsp3) is 0.300. The molecule has 1 rings (SSSR count). The third kappa shape index (κ3) is 2.90. The van der Waals surface area contributed by atoms with Gasteiger partial charge < -0.3 is 9.84 Å². The van der Waals surface area contributed by atoms with E-state index in [-0.39, 0.29) is 23.8 Å². The highest BCUT2D eigenvalue weighted by Crippen LogP contribution is 2.27. The second-order valence-electron chi connectivity index (χ2n) is 2.74. The first-order valence-corrected chi connectivity index (χ1v) is 4.64. The lowest BCUT2D eigenvalue weighted by Gasteiger charge is -2.12. The molecule has 0 saturated heterocycles. The highest BCUT2D eigenvalue weighted by atomic mass is 35.5. The second kappa shape index (κ2) is 5.66. The molecule has 0 bridgehead atoms. The molecule has 0 radical (unpaired) electrons. The van der Waals surface area contributed by atoms with E-state index < -0.39 is 11.9 Å². The Morgan fingerprint density at radius 2 is 2.33 bits per heavy atom. The Balaban J connectivity index is 2.97. The topological polar surface area (TPSA) is 53.2 Å². The van der Waals surface area contributed by atoms with Crippen LogP contribution in [0.3, 0.4) is 0 Å². The number of nitriles is 1. The van der Waals surface area contributed by atoms with Crippen molar-refractivity contribution in [2.75, 3.05) is 13.2 Å². The molecule has 0 aliphatic carbocycles. The van der Waals surface area contributed by atoms with Crippen molar-refractivity contribution in [3.63, 3.8) is 0 Å². The Bertz CT molecular complexity index is 358. The number of hydrogen-bond acceptors (Lipinski definition) is 3. The quantitative estimate of drug-likeness (QED) is 0.860. The van der Waals surface area contributed by atoms with Crippen LogP contribution in [0.25, 0.3) is 0 Å². The van der Waals surface area contributed by atoms with Gasteiger partial charge in [0, 0.05) is 5.56 Å². The maximum atomic E-state index is 13.3. The minimum atomic E-state index is -1.09. The molecule has 15 heavy (non-hydrogen) atoms. The van der Waals surface area contributed by atoms with Crippen molar-refractivity contribution < 1.29 is 14.2 Å². The van der Waals surface area contributed by atoms with E-state index in [0.29, 0.717) is 0 Å². The Hall–Kier alpha value is -1.15. The maximum Gasteiger partial charge on any atom is 0.173 e. The monoisotopic (exact) mass is 229 g/mol. The number of aliphatic hydroxyl groups excluding tert-OH is 1. The zero-order valence-corrected chi connectivity index (χ0v) is 8.54. The van der Waals surface area contributed by atoms with E-state index in [2.05, 4.69) is 0 Å². The molecule has 0 spiro atoms. The van der Waals surface area contributed by atoms with Crippen LogP contribution in [0, 0.1) is 17.1 Å². The lowest BCUT2D eigenvalue weighted by molar-refractivity contribution is 0.0564. The highest BCUT2D eigenvalue weighted by molar-refractivity contribution is 6.31. The molecule has 3 nitrogen and oxygen atoms in total. The van der Waals surface area contributed by atoms with Crippen LogP contribution in [-0.2, 0) is 4.74 Å². The first-order chi connectivity index (χ1) is 7.20. The maximum absolute atomic E-state index is 13.3. The van der Waals surface area contributed by atoms with Crippen molar-refractivity contribution in [1.82, 2.24) is 0 Å². The summed E-state index contributed by atoms with van der Waals surface area (Å²) in [6, 6.07) is 5.90. The fourth-order valence-electron chi connectivity index (χ4n) is 1.12. The number of halogens is 2. The number of aliphatic hydroxyl groups is 1. The molecule has 80 valence electrons. The summed E-state index contributed by atoms with van der Waals surface area (Å²) in [4.78, 5) is 0. The predicted molar refractivity (Wildman–Crippen MR) is 52.8 cm³/mol. The van der Waals surface area contributed by atoms with Gasteiger partial charge in [0.15, 0.2) is 6.10 Å². The zero-order valence-electron chi connectivity index (χ0n) is 7.78. The molecule has 0 fully saturated rings. The normalized spacial score (nSPS) is 12.1. The molecule has 0 aliphatic heterocycles. The third-order valence-corrected chi connectivity index (χ3v) is 2.08. The molecule has 1 unspecified atom stereocenters. The molecule has 0 heterocycles. The summed E-state index contributed by atoms with van der Waals surface area (Å²) in [5.41, 5.74) is 0.00937. The van der Waals surface area contributed by atoms with Crippen LogP contribution in [0.4, 0.5) is 4.39 Å². The summed E-state index contributed by atoms with van der Waals surface area (Å²) in [6.45, 7) is -0.271. The number of benzene rings is 1. The largest absolute Gasteiger partial charge is 0.394 e. The molecule has 0 aliphatic rings. The first-order valence-electron chi connectivity index (χ1n) is 4.26. The number of nitrogens with zero attached hydrogens (tertiary/aromatic N) is 1. The van der Waals surface area contributed by atoms with Gasteiger partial charge in [0.25, 0.3) is 0 Å². The average Bonchev–Trinajstić information content (AvgIpc) is 2.22. The Kier molecular flexibility index (Phi) is 4.50. The Labute approximate surface area is 91.7 Å². The molecule has 1 aromatic rings. The van der Waals surface area contributed by atoms with Crippen LogP contribution in [0.2, 0.25) is 5.02 Å². The summed E-state index contributed by atoms with van der Waals surface area (Å²) >= 11 is 5.75. The SMILES string of the molecule is N#CC(OCCO)c1c(F)cccc1Cl. The molecule has 0 saturated carbocycles. The van der Waals surface area contributed by atoms with E-state index in [1.807, 2.05) is 0 Å². The Morgan fingerprint density at radius 1 is 1.60 bits per heavy atom. The highest BCUT2D eigenvalue weighted by Gasteiger charge is 2.18. The van der Waals surface area contributed by atoms with Gasteiger partial charge in [0.1, 0.15) is 5.82 Å². The lowest BCUT2D eigenvalue weighted by atomic mass is 10.1. The van der Waals surface area contributed by atoms with E-state index in [1.54, 1.807) is 6.07 Å². The molecule has 0 aromatic heterocycles. The summed E-state index contributed by atoms with van der Waals surface area (Å²) in [7, 11) is 0.